The Morgan fingerprint density at radius 2 is 1.61 bits per heavy atom. The number of rotatable bonds is 9. The zero-order chi connectivity index (χ0) is 24.9. The molecule has 4 aromatic rings. The number of piperidine rings is 1. The SMILES string of the molecule is CCc1c(C2CCN(CCCSc3ccc(F)cc3)CC2)c2ccc(F)cc2n1Cc1ccccc1. The molecule has 3 aromatic carbocycles. The molecule has 1 saturated heterocycles. The second-order valence-corrected chi connectivity index (χ2v) is 10.9. The van der Waals surface area contributed by atoms with E-state index in [0.717, 1.165) is 68.0 Å². The van der Waals surface area contributed by atoms with Gasteiger partial charge in [-0.05, 0) is 111 Å². The molecular formula is C31H34F2N2S. The van der Waals surface area contributed by atoms with Gasteiger partial charge in [-0.25, -0.2) is 8.78 Å². The average molecular weight is 505 g/mol. The van der Waals surface area contributed by atoms with E-state index in [-0.39, 0.29) is 11.6 Å². The van der Waals surface area contributed by atoms with Gasteiger partial charge in [-0.15, -0.1) is 11.8 Å². The van der Waals surface area contributed by atoms with Crippen molar-refractivity contribution >= 4 is 22.7 Å². The molecule has 1 aliphatic heterocycles. The summed E-state index contributed by atoms with van der Waals surface area (Å²) in [5.74, 6) is 1.21. The summed E-state index contributed by atoms with van der Waals surface area (Å²) in [4.78, 5) is 3.71. The summed E-state index contributed by atoms with van der Waals surface area (Å²) < 4.78 is 29.8. The van der Waals surface area contributed by atoms with Gasteiger partial charge in [0.2, 0.25) is 0 Å². The van der Waals surface area contributed by atoms with Crippen molar-refractivity contribution in [1.29, 1.82) is 0 Å². The van der Waals surface area contributed by atoms with Crippen LogP contribution in [0.25, 0.3) is 10.9 Å². The van der Waals surface area contributed by atoms with E-state index < -0.39 is 0 Å². The van der Waals surface area contributed by atoms with Gasteiger partial charge in [-0.3, -0.25) is 0 Å². The molecule has 0 saturated carbocycles. The second kappa shape index (κ2) is 11.6. The third-order valence-electron chi connectivity index (χ3n) is 7.39. The van der Waals surface area contributed by atoms with Gasteiger partial charge in [-0.1, -0.05) is 37.3 Å². The van der Waals surface area contributed by atoms with E-state index in [0.29, 0.717) is 5.92 Å². The normalized spacial score (nSPS) is 15.1. The molecule has 2 nitrogen and oxygen atoms in total. The molecule has 1 aromatic heterocycles. The second-order valence-electron chi connectivity index (χ2n) is 9.72. The van der Waals surface area contributed by atoms with E-state index in [1.165, 1.54) is 34.3 Å². The molecule has 5 heteroatoms. The molecule has 0 amide bonds. The maximum Gasteiger partial charge on any atom is 0.125 e. The Balaban J connectivity index is 1.26. The van der Waals surface area contributed by atoms with Gasteiger partial charge < -0.3 is 9.47 Å². The van der Waals surface area contributed by atoms with Crippen LogP contribution in [-0.2, 0) is 13.0 Å². The Morgan fingerprint density at radius 1 is 0.889 bits per heavy atom. The van der Waals surface area contributed by atoms with Crippen molar-refractivity contribution in [3.05, 3.63) is 101 Å². The third-order valence-corrected chi connectivity index (χ3v) is 8.49. The quantitative estimate of drug-likeness (QED) is 0.169. The molecule has 1 fully saturated rings. The Kier molecular flexibility index (Phi) is 8.08. The standard InChI is InChI=1S/C31H34F2N2S/c1-2-29-31(28-14-11-26(33)21-30(28)35(29)22-23-7-4-3-5-8-23)24-15-18-34(19-16-24)17-6-20-36-27-12-9-25(32)10-13-27/h3-5,7-14,21,24H,2,6,15-20,22H2,1H3. The van der Waals surface area contributed by atoms with Crippen molar-refractivity contribution in [2.75, 3.05) is 25.4 Å². The Morgan fingerprint density at radius 3 is 2.33 bits per heavy atom. The summed E-state index contributed by atoms with van der Waals surface area (Å²) in [6.07, 6.45) is 4.35. The van der Waals surface area contributed by atoms with E-state index in [4.69, 9.17) is 0 Å². The lowest BCUT2D eigenvalue weighted by atomic mass is 9.87. The highest BCUT2D eigenvalue weighted by Crippen LogP contribution is 2.38. The molecule has 2 heterocycles. The number of fused-ring (bicyclic) bond motifs is 1. The lowest BCUT2D eigenvalue weighted by Crippen LogP contribution is -2.34. The number of thioether (sulfide) groups is 1. The van der Waals surface area contributed by atoms with Crippen LogP contribution in [0.1, 0.15) is 48.9 Å². The van der Waals surface area contributed by atoms with Crippen molar-refractivity contribution in [1.82, 2.24) is 9.47 Å². The van der Waals surface area contributed by atoms with Crippen LogP contribution < -0.4 is 0 Å². The van der Waals surface area contributed by atoms with E-state index in [1.807, 2.05) is 24.3 Å². The lowest BCUT2D eigenvalue weighted by molar-refractivity contribution is 0.213. The van der Waals surface area contributed by atoms with Crippen molar-refractivity contribution in [3.63, 3.8) is 0 Å². The predicted molar refractivity (Wildman–Crippen MR) is 147 cm³/mol. The van der Waals surface area contributed by atoms with Crippen LogP contribution in [0.15, 0.2) is 77.7 Å². The number of likely N-dealkylation sites (tertiary alicyclic amines) is 1. The summed E-state index contributed by atoms with van der Waals surface area (Å²) in [6, 6.07) is 22.6. The zero-order valence-corrected chi connectivity index (χ0v) is 21.7. The number of halogens is 2. The first-order valence-electron chi connectivity index (χ1n) is 13.1. The molecule has 0 spiro atoms. The first-order valence-corrected chi connectivity index (χ1v) is 14.1. The van der Waals surface area contributed by atoms with Gasteiger partial charge >= 0.3 is 0 Å². The van der Waals surface area contributed by atoms with Gasteiger partial charge in [0.15, 0.2) is 0 Å². The number of nitrogens with zero attached hydrogens (tertiary/aromatic N) is 2. The summed E-state index contributed by atoms with van der Waals surface area (Å²) in [6.45, 7) is 6.30. The fourth-order valence-electron chi connectivity index (χ4n) is 5.64. The van der Waals surface area contributed by atoms with Crippen LogP contribution in [0.5, 0.6) is 0 Å². The molecule has 0 N–H and O–H groups in total. The van der Waals surface area contributed by atoms with E-state index >= 15 is 0 Å². The van der Waals surface area contributed by atoms with Gasteiger partial charge in [0, 0.05) is 22.5 Å². The Hall–Kier alpha value is -2.63. The van der Waals surface area contributed by atoms with Crippen LogP contribution in [0.3, 0.4) is 0 Å². The zero-order valence-electron chi connectivity index (χ0n) is 20.9. The topological polar surface area (TPSA) is 8.17 Å². The first-order chi connectivity index (χ1) is 17.6. The summed E-state index contributed by atoms with van der Waals surface area (Å²) in [5, 5.41) is 1.22. The minimum absolute atomic E-state index is 0.170. The molecule has 5 rings (SSSR count). The number of hydrogen-bond donors (Lipinski definition) is 0. The van der Waals surface area contributed by atoms with Crippen molar-refractivity contribution in [2.45, 2.75) is 50.0 Å². The third kappa shape index (κ3) is 5.68. The molecule has 0 unspecified atom stereocenters. The van der Waals surface area contributed by atoms with Gasteiger partial charge in [0.1, 0.15) is 11.6 Å². The molecule has 0 bridgehead atoms. The Labute approximate surface area is 217 Å². The highest BCUT2D eigenvalue weighted by molar-refractivity contribution is 7.99. The van der Waals surface area contributed by atoms with E-state index in [1.54, 1.807) is 23.9 Å². The molecule has 0 aliphatic carbocycles. The molecule has 0 atom stereocenters. The highest BCUT2D eigenvalue weighted by Gasteiger charge is 2.27. The molecule has 188 valence electrons. The maximum absolute atomic E-state index is 14.3. The van der Waals surface area contributed by atoms with Crippen LogP contribution in [0.2, 0.25) is 0 Å². The summed E-state index contributed by atoms with van der Waals surface area (Å²) >= 11 is 1.80. The van der Waals surface area contributed by atoms with Crippen molar-refractivity contribution < 1.29 is 8.78 Å². The van der Waals surface area contributed by atoms with Crippen LogP contribution >= 0.6 is 11.8 Å². The lowest BCUT2D eigenvalue weighted by Gasteiger charge is -2.32. The van der Waals surface area contributed by atoms with E-state index in [2.05, 4.69) is 40.7 Å². The van der Waals surface area contributed by atoms with Crippen LogP contribution in [-0.4, -0.2) is 34.9 Å². The van der Waals surface area contributed by atoms with Crippen molar-refractivity contribution in [2.24, 2.45) is 0 Å². The molecule has 0 radical (unpaired) electrons. The highest BCUT2D eigenvalue weighted by atomic mass is 32.2. The number of aromatic nitrogens is 1. The minimum Gasteiger partial charge on any atom is -0.340 e. The smallest absolute Gasteiger partial charge is 0.125 e. The summed E-state index contributed by atoms with van der Waals surface area (Å²) in [7, 11) is 0. The monoisotopic (exact) mass is 504 g/mol. The maximum atomic E-state index is 14.3. The van der Waals surface area contributed by atoms with Gasteiger partial charge in [0.05, 0.1) is 5.52 Å². The predicted octanol–water partition coefficient (Wildman–Crippen LogP) is 7.89. The fraction of sp³-hybridized carbons (Fsp3) is 0.355. The number of hydrogen-bond acceptors (Lipinski definition) is 2. The van der Waals surface area contributed by atoms with Crippen LogP contribution in [0, 0.1) is 11.6 Å². The molecular weight excluding hydrogens is 470 g/mol. The number of benzene rings is 3. The minimum atomic E-state index is -0.179. The fourth-order valence-corrected chi connectivity index (χ4v) is 6.48. The van der Waals surface area contributed by atoms with Crippen LogP contribution in [0.4, 0.5) is 8.78 Å². The largest absolute Gasteiger partial charge is 0.340 e. The van der Waals surface area contributed by atoms with Gasteiger partial charge in [0.25, 0.3) is 0 Å². The van der Waals surface area contributed by atoms with Gasteiger partial charge in [-0.2, -0.15) is 0 Å². The van der Waals surface area contributed by atoms with E-state index in [9.17, 15) is 8.78 Å². The average Bonchev–Trinajstić information content (AvgIpc) is 3.21. The molecule has 36 heavy (non-hydrogen) atoms. The summed E-state index contributed by atoms with van der Waals surface area (Å²) in [5.41, 5.74) is 5.06. The first kappa shape index (κ1) is 25.0. The Bertz CT molecular complexity index is 1280. The van der Waals surface area contributed by atoms with Crippen molar-refractivity contribution in [3.8, 4) is 0 Å². The molecule has 1 aliphatic rings.